The summed E-state index contributed by atoms with van der Waals surface area (Å²) in [4.78, 5) is 43.0. The van der Waals surface area contributed by atoms with Crippen LogP contribution in [0.1, 0.15) is 99.6 Å². The van der Waals surface area contributed by atoms with Crippen LogP contribution < -0.4 is 15.8 Å². The lowest BCUT2D eigenvalue weighted by Gasteiger charge is -2.32. The number of esters is 1. The molecule has 4 N–H and O–H groups in total. The first kappa shape index (κ1) is 40.8. The third-order valence-electron chi connectivity index (χ3n) is 9.69. The molecule has 0 radical (unpaired) electrons. The number of nitrogens with one attached hydrogen (secondary N) is 1. The lowest BCUT2D eigenvalue weighted by Crippen LogP contribution is -2.45. The number of hydrogen-bond acceptors (Lipinski definition) is 7. The summed E-state index contributed by atoms with van der Waals surface area (Å²) in [5, 5.41) is 13.5. The van der Waals surface area contributed by atoms with E-state index in [1.165, 1.54) is 0 Å². The van der Waals surface area contributed by atoms with Crippen molar-refractivity contribution in [3.8, 4) is 17.0 Å². The molecule has 5 rings (SSSR count). The summed E-state index contributed by atoms with van der Waals surface area (Å²) < 4.78 is 13.6. The highest BCUT2D eigenvalue weighted by atomic mass is 35.5. The molecule has 2 atom stereocenters. The monoisotopic (exact) mass is 776 g/mol. The molecule has 288 valence electrons. The van der Waals surface area contributed by atoms with Crippen molar-refractivity contribution in [2.75, 3.05) is 0 Å². The number of imidazole rings is 1. The lowest BCUT2D eigenvalue weighted by atomic mass is 9.78. The van der Waals surface area contributed by atoms with Gasteiger partial charge in [-0.1, -0.05) is 60.8 Å². The predicted octanol–water partition coefficient (Wildman–Crippen LogP) is 8.81. The zero-order valence-electron chi connectivity index (χ0n) is 31.3. The summed E-state index contributed by atoms with van der Waals surface area (Å²) in [5.41, 5.74) is 9.20. The first-order chi connectivity index (χ1) is 25.7. The third-order valence-corrected chi connectivity index (χ3v) is 10.2. The Morgan fingerprint density at radius 2 is 1.65 bits per heavy atom. The molecule has 1 unspecified atom stereocenters. The standard InChI is InChI=1S/C42H50Cl2N4O6/c1-5-6-21-48-24-36(33-20-17-31(43)23-34(33)44)46-38(48)35(47-39(49)29-15-13-28(14-16-29)37(45)41(52)54-42(2,3)4)22-26-9-18-32(19-10-26)53-25-27-7-11-30(12-8-27)40(50)51/h7-12,17-20,23-24,28-29,35,37H,5-6,13-16,21-22,25,45H2,1-4H3,(H,47,49)(H,50,51)/t28-,29-,35-,37?/m0/s1. The number of unbranched alkanes of at least 4 members (excludes halogenated alkanes) is 1. The van der Waals surface area contributed by atoms with Gasteiger partial charge in [-0.15, -0.1) is 0 Å². The van der Waals surface area contributed by atoms with E-state index in [1.807, 2.05) is 57.3 Å². The molecule has 10 nitrogen and oxygen atoms in total. The molecule has 4 aromatic rings. The Bertz CT molecular complexity index is 1900. The minimum Gasteiger partial charge on any atom is -0.489 e. The van der Waals surface area contributed by atoms with Crippen LogP contribution in [0.2, 0.25) is 10.0 Å². The second-order valence-corrected chi connectivity index (χ2v) is 15.9. The summed E-state index contributed by atoms with van der Waals surface area (Å²) in [7, 11) is 0. The molecule has 1 aliphatic rings. The van der Waals surface area contributed by atoms with E-state index in [0.717, 1.165) is 35.4 Å². The van der Waals surface area contributed by atoms with Crippen LogP contribution in [0.15, 0.2) is 72.9 Å². The van der Waals surface area contributed by atoms with Gasteiger partial charge in [-0.2, -0.15) is 0 Å². The fourth-order valence-electron chi connectivity index (χ4n) is 6.71. The maximum atomic E-state index is 14.0. The maximum absolute atomic E-state index is 14.0. The lowest BCUT2D eigenvalue weighted by molar-refractivity contribution is -0.158. The number of rotatable bonds is 15. The molecule has 1 amide bonds. The molecular weight excluding hydrogens is 727 g/mol. The molecule has 1 aliphatic carbocycles. The minimum absolute atomic E-state index is 0.0517. The summed E-state index contributed by atoms with van der Waals surface area (Å²) in [6.07, 6.45) is 6.88. The van der Waals surface area contributed by atoms with Gasteiger partial charge in [0.25, 0.3) is 0 Å². The van der Waals surface area contributed by atoms with Crippen LogP contribution in [0.5, 0.6) is 5.75 Å². The zero-order chi connectivity index (χ0) is 39.0. The number of carboxylic acid groups (broad SMARTS) is 1. The van der Waals surface area contributed by atoms with Crippen molar-refractivity contribution in [3.63, 3.8) is 0 Å². The second-order valence-electron chi connectivity index (χ2n) is 15.0. The van der Waals surface area contributed by atoms with Crippen molar-refractivity contribution in [1.29, 1.82) is 0 Å². The smallest absolute Gasteiger partial charge is 0.335 e. The fourth-order valence-corrected chi connectivity index (χ4v) is 7.22. The number of nitrogens with zero attached hydrogens (tertiary/aromatic N) is 2. The van der Waals surface area contributed by atoms with Crippen LogP contribution in [0.3, 0.4) is 0 Å². The Hall–Kier alpha value is -4.38. The molecule has 0 spiro atoms. The van der Waals surface area contributed by atoms with Gasteiger partial charge in [-0.25, -0.2) is 9.78 Å². The topological polar surface area (TPSA) is 146 Å². The fraction of sp³-hybridized carbons (Fsp3) is 0.429. The first-order valence-corrected chi connectivity index (χ1v) is 19.3. The number of amides is 1. The van der Waals surface area contributed by atoms with E-state index in [2.05, 4.69) is 16.8 Å². The predicted molar refractivity (Wildman–Crippen MR) is 211 cm³/mol. The molecule has 1 heterocycles. The molecule has 3 aromatic carbocycles. The van der Waals surface area contributed by atoms with Crippen molar-refractivity contribution in [2.24, 2.45) is 17.6 Å². The second kappa shape index (κ2) is 18.3. The SMILES string of the molecule is CCCCn1cc(-c2ccc(Cl)cc2Cl)nc1[C@H](Cc1ccc(OCc2ccc(C(=O)O)cc2)cc1)NC(=O)[C@H]1CC[C@H](C(N)C(=O)OC(C)(C)C)CC1. The van der Waals surface area contributed by atoms with Gasteiger partial charge in [0.15, 0.2) is 0 Å². The van der Waals surface area contributed by atoms with E-state index in [0.29, 0.717) is 60.1 Å². The molecule has 1 aromatic heterocycles. The van der Waals surface area contributed by atoms with Crippen LogP contribution in [0.25, 0.3) is 11.3 Å². The van der Waals surface area contributed by atoms with Gasteiger partial charge in [-0.3, -0.25) is 9.59 Å². The van der Waals surface area contributed by atoms with Gasteiger partial charge >= 0.3 is 11.9 Å². The number of hydrogen-bond donors (Lipinski definition) is 3. The minimum atomic E-state index is -0.974. The number of nitrogens with two attached hydrogens (primary N) is 1. The van der Waals surface area contributed by atoms with Crippen molar-refractivity contribution in [1.82, 2.24) is 14.9 Å². The maximum Gasteiger partial charge on any atom is 0.335 e. The number of aryl methyl sites for hydroxylation is 1. The van der Waals surface area contributed by atoms with Crippen LogP contribution in [0.4, 0.5) is 0 Å². The summed E-state index contributed by atoms with van der Waals surface area (Å²) in [5.74, 6) is -0.345. The largest absolute Gasteiger partial charge is 0.489 e. The van der Waals surface area contributed by atoms with E-state index < -0.39 is 29.6 Å². The Morgan fingerprint density at radius 3 is 2.26 bits per heavy atom. The Kier molecular flexibility index (Phi) is 13.8. The van der Waals surface area contributed by atoms with Gasteiger partial charge < -0.3 is 30.2 Å². The Labute approximate surface area is 327 Å². The van der Waals surface area contributed by atoms with E-state index in [1.54, 1.807) is 36.4 Å². The molecule has 0 aliphatic heterocycles. The molecule has 1 fully saturated rings. The molecule has 0 bridgehead atoms. The quantitative estimate of drug-likeness (QED) is 0.102. The van der Waals surface area contributed by atoms with Gasteiger partial charge in [0.1, 0.15) is 29.8 Å². The van der Waals surface area contributed by atoms with Gasteiger partial charge in [0.2, 0.25) is 5.91 Å². The summed E-state index contributed by atoms with van der Waals surface area (Å²) >= 11 is 12.8. The number of carboxylic acids is 1. The van der Waals surface area contributed by atoms with Crippen LogP contribution >= 0.6 is 23.2 Å². The normalized spacial score (nSPS) is 17.0. The highest BCUT2D eigenvalue weighted by Gasteiger charge is 2.35. The van der Waals surface area contributed by atoms with Crippen molar-refractivity contribution in [3.05, 3.63) is 105 Å². The van der Waals surface area contributed by atoms with Crippen molar-refractivity contribution >= 4 is 41.0 Å². The number of benzene rings is 3. The number of halogens is 2. The van der Waals surface area contributed by atoms with E-state index in [-0.39, 0.29) is 29.9 Å². The van der Waals surface area contributed by atoms with Crippen LogP contribution in [-0.4, -0.2) is 44.1 Å². The molecule has 0 saturated heterocycles. The zero-order valence-corrected chi connectivity index (χ0v) is 32.8. The van der Waals surface area contributed by atoms with E-state index in [9.17, 15) is 19.5 Å². The Morgan fingerprint density at radius 1 is 0.981 bits per heavy atom. The Balaban J connectivity index is 1.35. The molecule has 54 heavy (non-hydrogen) atoms. The molecule has 1 saturated carbocycles. The van der Waals surface area contributed by atoms with Crippen LogP contribution in [0, 0.1) is 11.8 Å². The number of carbonyl (C=O) groups excluding carboxylic acids is 2. The third kappa shape index (κ3) is 11.1. The summed E-state index contributed by atoms with van der Waals surface area (Å²) in [6.45, 7) is 8.60. The van der Waals surface area contributed by atoms with Crippen molar-refractivity contribution < 1.29 is 29.0 Å². The number of carbonyl (C=O) groups is 3. The number of ether oxygens (including phenoxy) is 2. The highest BCUT2D eigenvalue weighted by molar-refractivity contribution is 6.36. The van der Waals surface area contributed by atoms with E-state index in [4.69, 9.17) is 43.4 Å². The van der Waals surface area contributed by atoms with Gasteiger partial charge in [0.05, 0.1) is 22.3 Å². The molecule has 12 heteroatoms. The average molecular weight is 778 g/mol. The summed E-state index contributed by atoms with van der Waals surface area (Å²) in [6, 6.07) is 18.4. The number of aromatic nitrogens is 2. The molecular formula is C42H50Cl2N4O6. The van der Waals surface area contributed by atoms with Crippen molar-refractivity contribution in [2.45, 2.75) is 103 Å². The average Bonchev–Trinajstić information content (AvgIpc) is 3.56. The highest BCUT2D eigenvalue weighted by Crippen LogP contribution is 2.34. The number of aromatic carboxylic acids is 1. The first-order valence-electron chi connectivity index (χ1n) is 18.6. The van der Waals surface area contributed by atoms with Crippen LogP contribution in [-0.2, 0) is 33.9 Å². The van der Waals surface area contributed by atoms with Gasteiger partial charge in [-0.05, 0) is 119 Å². The van der Waals surface area contributed by atoms with Gasteiger partial charge in [0, 0.05) is 29.2 Å². The van der Waals surface area contributed by atoms with E-state index >= 15 is 0 Å².